The molecule has 3 aromatic carbocycles. The Balaban J connectivity index is 1.50. The van der Waals surface area contributed by atoms with Crippen molar-refractivity contribution in [2.45, 2.75) is 12.6 Å². The van der Waals surface area contributed by atoms with Crippen molar-refractivity contribution in [3.63, 3.8) is 0 Å². The second-order valence-corrected chi connectivity index (χ2v) is 11.0. The van der Waals surface area contributed by atoms with Gasteiger partial charge < -0.3 is 10.1 Å². The van der Waals surface area contributed by atoms with Gasteiger partial charge in [0.25, 0.3) is 11.8 Å². The van der Waals surface area contributed by atoms with Crippen LogP contribution in [-0.2, 0) is 32.2 Å². The summed E-state index contributed by atoms with van der Waals surface area (Å²) >= 11 is 5.95. The van der Waals surface area contributed by atoms with E-state index in [0.717, 1.165) is 17.9 Å². The first kappa shape index (κ1) is 31.4. The molecule has 2 amide bonds. The Labute approximate surface area is 240 Å². The van der Waals surface area contributed by atoms with Crippen molar-refractivity contribution >= 4 is 45.3 Å². The average molecular weight is 611 g/mol. The number of anilines is 1. The van der Waals surface area contributed by atoms with Crippen LogP contribution in [0.2, 0.25) is 5.02 Å². The van der Waals surface area contributed by atoms with Crippen LogP contribution in [0.3, 0.4) is 0 Å². The molecule has 0 aliphatic carbocycles. The molecule has 0 fully saturated rings. The molecule has 0 heterocycles. The van der Waals surface area contributed by atoms with E-state index in [2.05, 4.69) is 15.8 Å². The standard InChI is InChI=1S/C27H26ClF3N4O5S/c1-41(38,39)35(24-15-21(27(29,30)31)9-12-23(24)28)17-25(36)34-33-16-20-7-10-22(11-8-20)40-18-26(37)32-14-13-19-5-3-2-4-6-19/h2-12,15-16H,13-14,17-18H2,1H3,(H,32,37)(H,34,36)/b33-16+. The fourth-order valence-electron chi connectivity index (χ4n) is 3.45. The topological polar surface area (TPSA) is 117 Å². The van der Waals surface area contributed by atoms with Gasteiger partial charge in [0.1, 0.15) is 12.3 Å². The van der Waals surface area contributed by atoms with Gasteiger partial charge in [0.15, 0.2) is 6.61 Å². The van der Waals surface area contributed by atoms with Gasteiger partial charge in [0, 0.05) is 6.54 Å². The second kappa shape index (κ2) is 14.0. The normalized spacial score (nSPS) is 11.7. The highest BCUT2D eigenvalue weighted by Crippen LogP contribution is 2.36. The molecule has 41 heavy (non-hydrogen) atoms. The number of alkyl halides is 3. The van der Waals surface area contributed by atoms with E-state index >= 15 is 0 Å². The van der Waals surface area contributed by atoms with Crippen molar-refractivity contribution in [2.24, 2.45) is 5.10 Å². The van der Waals surface area contributed by atoms with Crippen molar-refractivity contribution in [3.05, 3.63) is 94.5 Å². The molecule has 2 N–H and O–H groups in total. The van der Waals surface area contributed by atoms with Crippen LogP contribution in [0.15, 0.2) is 77.9 Å². The Morgan fingerprint density at radius 3 is 2.34 bits per heavy atom. The van der Waals surface area contributed by atoms with Crippen LogP contribution >= 0.6 is 11.6 Å². The molecule has 0 saturated heterocycles. The fraction of sp³-hybridized carbons (Fsp3) is 0.222. The number of benzene rings is 3. The summed E-state index contributed by atoms with van der Waals surface area (Å²) in [5.74, 6) is -0.770. The molecule has 0 saturated carbocycles. The van der Waals surface area contributed by atoms with Crippen LogP contribution in [0.4, 0.5) is 18.9 Å². The highest BCUT2D eigenvalue weighted by molar-refractivity contribution is 7.92. The van der Waals surface area contributed by atoms with Crippen molar-refractivity contribution < 1.29 is 35.9 Å². The van der Waals surface area contributed by atoms with Crippen molar-refractivity contribution in [3.8, 4) is 5.75 Å². The SMILES string of the molecule is CS(=O)(=O)N(CC(=O)N/N=C/c1ccc(OCC(=O)NCCc2ccccc2)cc1)c1cc(C(F)(F)F)ccc1Cl. The van der Waals surface area contributed by atoms with Crippen molar-refractivity contribution in [1.82, 2.24) is 10.7 Å². The third kappa shape index (κ3) is 10.1. The molecule has 218 valence electrons. The van der Waals surface area contributed by atoms with Gasteiger partial charge in [0.05, 0.1) is 28.7 Å². The van der Waals surface area contributed by atoms with Gasteiger partial charge in [-0.1, -0.05) is 41.9 Å². The quantitative estimate of drug-likeness (QED) is 0.237. The number of halogens is 4. The molecule has 0 atom stereocenters. The maximum atomic E-state index is 13.1. The number of nitrogens with zero attached hydrogens (tertiary/aromatic N) is 2. The van der Waals surface area contributed by atoms with Crippen LogP contribution in [-0.4, -0.2) is 52.4 Å². The summed E-state index contributed by atoms with van der Waals surface area (Å²) in [5, 5.41) is 6.24. The van der Waals surface area contributed by atoms with E-state index in [1.54, 1.807) is 24.3 Å². The summed E-state index contributed by atoms with van der Waals surface area (Å²) in [5.41, 5.74) is 2.15. The molecule has 0 unspecified atom stereocenters. The van der Waals surface area contributed by atoms with E-state index in [4.69, 9.17) is 16.3 Å². The lowest BCUT2D eigenvalue weighted by molar-refractivity contribution is -0.137. The van der Waals surface area contributed by atoms with Gasteiger partial charge >= 0.3 is 6.18 Å². The van der Waals surface area contributed by atoms with Gasteiger partial charge in [-0.15, -0.1) is 0 Å². The number of carbonyl (C=O) groups excluding carboxylic acids is 2. The summed E-state index contributed by atoms with van der Waals surface area (Å²) in [6.07, 6.45) is -2.05. The number of rotatable bonds is 12. The molecular formula is C27H26ClF3N4O5S. The summed E-state index contributed by atoms with van der Waals surface area (Å²) in [7, 11) is -4.18. The highest BCUT2D eigenvalue weighted by Gasteiger charge is 2.33. The second-order valence-electron chi connectivity index (χ2n) is 8.67. The molecule has 14 heteroatoms. The van der Waals surface area contributed by atoms with E-state index < -0.39 is 39.9 Å². The minimum atomic E-state index is -4.75. The first-order valence-corrected chi connectivity index (χ1v) is 14.3. The monoisotopic (exact) mass is 610 g/mol. The van der Waals surface area contributed by atoms with E-state index in [0.29, 0.717) is 40.7 Å². The number of ether oxygens (including phenoxy) is 1. The van der Waals surface area contributed by atoms with Crippen LogP contribution in [0.1, 0.15) is 16.7 Å². The minimum Gasteiger partial charge on any atom is -0.484 e. The number of hydrazone groups is 1. The Morgan fingerprint density at radius 2 is 1.71 bits per heavy atom. The van der Waals surface area contributed by atoms with Crippen molar-refractivity contribution in [1.29, 1.82) is 0 Å². The van der Waals surface area contributed by atoms with Crippen molar-refractivity contribution in [2.75, 3.05) is 30.3 Å². The van der Waals surface area contributed by atoms with Crippen LogP contribution in [0.5, 0.6) is 5.75 Å². The smallest absolute Gasteiger partial charge is 0.416 e. The van der Waals surface area contributed by atoms with Crippen LogP contribution in [0, 0.1) is 0 Å². The molecule has 9 nitrogen and oxygen atoms in total. The lowest BCUT2D eigenvalue weighted by Crippen LogP contribution is -2.39. The Kier molecular flexibility index (Phi) is 10.7. The number of hydrogen-bond donors (Lipinski definition) is 2. The summed E-state index contributed by atoms with van der Waals surface area (Å²) < 4.78 is 69.8. The number of carbonyl (C=O) groups is 2. The third-order valence-electron chi connectivity index (χ3n) is 5.46. The van der Waals surface area contributed by atoms with Crippen LogP contribution < -0.4 is 19.8 Å². The maximum Gasteiger partial charge on any atom is 0.416 e. The lowest BCUT2D eigenvalue weighted by atomic mass is 10.1. The molecule has 3 aromatic rings. The molecule has 3 rings (SSSR count). The maximum absolute atomic E-state index is 13.1. The lowest BCUT2D eigenvalue weighted by Gasteiger charge is -2.23. The average Bonchev–Trinajstić information content (AvgIpc) is 2.91. The van der Waals surface area contributed by atoms with E-state index in [1.807, 2.05) is 30.3 Å². The predicted octanol–water partition coefficient (Wildman–Crippen LogP) is 4.01. The Morgan fingerprint density at radius 1 is 1.02 bits per heavy atom. The fourth-order valence-corrected chi connectivity index (χ4v) is 4.58. The molecule has 0 aliphatic heterocycles. The number of nitrogens with one attached hydrogen (secondary N) is 2. The Bertz CT molecular complexity index is 1490. The van der Waals surface area contributed by atoms with Gasteiger partial charge in [-0.25, -0.2) is 13.8 Å². The summed E-state index contributed by atoms with van der Waals surface area (Å²) in [4.78, 5) is 24.4. The molecular weight excluding hydrogens is 585 g/mol. The first-order chi connectivity index (χ1) is 19.3. The highest BCUT2D eigenvalue weighted by atomic mass is 35.5. The first-order valence-electron chi connectivity index (χ1n) is 12.0. The number of sulfonamides is 1. The molecule has 0 radical (unpaired) electrons. The van der Waals surface area contributed by atoms with E-state index in [1.165, 1.54) is 6.21 Å². The predicted molar refractivity (Wildman–Crippen MR) is 149 cm³/mol. The Hall–Kier alpha value is -4.10. The summed E-state index contributed by atoms with van der Waals surface area (Å²) in [6.45, 7) is -0.565. The minimum absolute atomic E-state index is 0.176. The summed E-state index contributed by atoms with van der Waals surface area (Å²) in [6, 6.07) is 18.2. The van der Waals surface area contributed by atoms with E-state index in [-0.39, 0.29) is 17.5 Å². The zero-order valence-electron chi connectivity index (χ0n) is 21.7. The largest absolute Gasteiger partial charge is 0.484 e. The van der Waals surface area contributed by atoms with Crippen LogP contribution in [0.25, 0.3) is 0 Å². The zero-order valence-corrected chi connectivity index (χ0v) is 23.3. The third-order valence-corrected chi connectivity index (χ3v) is 6.91. The molecule has 0 spiro atoms. The molecule has 0 bridgehead atoms. The van der Waals surface area contributed by atoms with Gasteiger partial charge in [-0.2, -0.15) is 18.3 Å². The van der Waals surface area contributed by atoms with E-state index in [9.17, 15) is 31.2 Å². The number of amides is 2. The molecule has 0 aliphatic rings. The molecule has 0 aromatic heterocycles. The zero-order chi connectivity index (χ0) is 30.0. The van der Waals surface area contributed by atoms with Gasteiger partial charge in [-0.3, -0.25) is 13.9 Å². The van der Waals surface area contributed by atoms with Gasteiger partial charge in [-0.05, 0) is 60.0 Å². The van der Waals surface area contributed by atoms with Gasteiger partial charge in [0.2, 0.25) is 10.0 Å². The number of hydrogen-bond acceptors (Lipinski definition) is 6.